The Balaban J connectivity index is 1.55. The molecule has 0 unspecified atom stereocenters. The van der Waals surface area contributed by atoms with Crippen molar-refractivity contribution < 1.29 is 19.7 Å². The van der Waals surface area contributed by atoms with Gasteiger partial charge in [0, 0.05) is 13.1 Å². The van der Waals surface area contributed by atoms with Crippen molar-refractivity contribution in [1.82, 2.24) is 10.6 Å². The van der Waals surface area contributed by atoms with Crippen LogP contribution in [0.5, 0.6) is 0 Å². The Labute approximate surface area is 150 Å². The highest BCUT2D eigenvalue weighted by Crippen LogP contribution is 2.35. The lowest BCUT2D eigenvalue weighted by molar-refractivity contribution is -0.171. The molecule has 4 N–H and O–H groups in total. The molecule has 5 atom stereocenters. The third-order valence-electron chi connectivity index (χ3n) is 4.21. The smallest absolute Gasteiger partial charge is 0.252 e. The Bertz CT molecular complexity index is 628. The minimum atomic E-state index is -1.30. The Morgan fingerprint density at radius 3 is 2.76 bits per heavy atom. The van der Waals surface area contributed by atoms with E-state index in [0.29, 0.717) is 24.7 Å². The van der Waals surface area contributed by atoms with Crippen LogP contribution in [0.25, 0.3) is 0 Å². The van der Waals surface area contributed by atoms with Gasteiger partial charge < -0.3 is 25.6 Å². The summed E-state index contributed by atoms with van der Waals surface area (Å²) in [5.41, 5.74) is 0.639. The average Bonchev–Trinajstić information content (AvgIpc) is 3.02. The van der Waals surface area contributed by atoms with Crippen LogP contribution in [0.3, 0.4) is 0 Å². The maximum Gasteiger partial charge on any atom is 0.252 e. The molecule has 1 aromatic carbocycles. The molecule has 2 heterocycles. The van der Waals surface area contributed by atoms with Crippen molar-refractivity contribution in [2.45, 2.75) is 43.1 Å². The maximum absolute atomic E-state index is 12.4. The van der Waals surface area contributed by atoms with Crippen LogP contribution in [0, 0.1) is 0 Å². The number of hydrogen-bond acceptors (Lipinski definition) is 7. The molecule has 8 heteroatoms. The molecule has 1 amide bonds. The number of carbonyl (C=O) groups is 1. The number of nitrogens with one attached hydrogen (secondary N) is 2. The third-order valence-corrected chi connectivity index (χ3v) is 5.30. The zero-order valence-corrected chi connectivity index (χ0v) is 14.8. The first-order chi connectivity index (χ1) is 12.1. The number of fused-ring (bicyclic) bond motifs is 1. The van der Waals surface area contributed by atoms with Crippen LogP contribution < -0.4 is 10.6 Å². The van der Waals surface area contributed by atoms with E-state index in [2.05, 4.69) is 15.6 Å². The fraction of sp³-hybridized carbons (Fsp3) is 0.529. The molecule has 0 bridgehead atoms. The molecule has 1 fully saturated rings. The van der Waals surface area contributed by atoms with Crippen LogP contribution in [0.1, 0.15) is 12.5 Å². The fourth-order valence-electron chi connectivity index (χ4n) is 2.89. The number of aliphatic hydroxyl groups is 2. The van der Waals surface area contributed by atoms with Gasteiger partial charge >= 0.3 is 0 Å². The number of rotatable bonds is 5. The van der Waals surface area contributed by atoms with E-state index in [1.165, 1.54) is 11.8 Å². The summed E-state index contributed by atoms with van der Waals surface area (Å²) in [6, 6.07) is 9.24. The first-order valence-electron chi connectivity index (χ1n) is 8.41. The van der Waals surface area contributed by atoms with Gasteiger partial charge in [-0.25, -0.2) is 0 Å². The molecule has 0 aliphatic carbocycles. The summed E-state index contributed by atoms with van der Waals surface area (Å²) < 4.78 is 5.72. The lowest BCUT2D eigenvalue weighted by Gasteiger charge is -2.37. The molecular weight excluding hydrogens is 342 g/mol. The van der Waals surface area contributed by atoms with E-state index in [4.69, 9.17) is 4.74 Å². The summed E-state index contributed by atoms with van der Waals surface area (Å²) in [6.07, 6.45) is -2.85. The molecule has 25 heavy (non-hydrogen) atoms. The Hall–Kier alpha value is -1.61. The summed E-state index contributed by atoms with van der Waals surface area (Å²) >= 11 is 1.33. The largest absolute Gasteiger partial charge is 0.388 e. The van der Waals surface area contributed by atoms with E-state index in [9.17, 15) is 15.0 Å². The van der Waals surface area contributed by atoms with Gasteiger partial charge in [-0.05, 0) is 18.9 Å². The molecule has 0 spiro atoms. The van der Waals surface area contributed by atoms with Crippen molar-refractivity contribution in [3.8, 4) is 0 Å². The lowest BCUT2D eigenvalue weighted by atomic mass is 9.97. The van der Waals surface area contributed by atoms with E-state index >= 15 is 0 Å². The number of benzene rings is 1. The summed E-state index contributed by atoms with van der Waals surface area (Å²) in [5, 5.41) is 27.1. The maximum atomic E-state index is 12.4. The van der Waals surface area contributed by atoms with Crippen LogP contribution in [-0.2, 0) is 16.0 Å². The molecular formula is C17H23N3O4S. The minimum Gasteiger partial charge on any atom is -0.388 e. The molecule has 1 saturated heterocycles. The number of nitrogens with zero attached hydrogens (tertiary/aromatic N) is 1. The SMILES string of the molecule is CCNC1=N[C@@H]2[C@@H](O)[C@H](O)[C@@H](C(=O)NCCc3ccccc3)O[C@@H]2S1. The van der Waals surface area contributed by atoms with Gasteiger partial charge in [-0.3, -0.25) is 9.79 Å². The third kappa shape index (κ3) is 4.14. The number of aliphatic hydroxyl groups excluding tert-OH is 2. The summed E-state index contributed by atoms with van der Waals surface area (Å²) in [4.78, 5) is 16.7. The molecule has 2 aliphatic rings. The average molecular weight is 365 g/mol. The van der Waals surface area contributed by atoms with Crippen molar-refractivity contribution in [2.24, 2.45) is 4.99 Å². The van der Waals surface area contributed by atoms with Gasteiger partial charge in [-0.15, -0.1) is 0 Å². The molecule has 0 radical (unpaired) electrons. The quantitative estimate of drug-likeness (QED) is 0.580. The number of hydrogen-bond donors (Lipinski definition) is 4. The molecule has 136 valence electrons. The number of amides is 1. The monoisotopic (exact) mass is 365 g/mol. The summed E-state index contributed by atoms with van der Waals surface area (Å²) in [7, 11) is 0. The summed E-state index contributed by atoms with van der Waals surface area (Å²) in [6.45, 7) is 3.08. The zero-order chi connectivity index (χ0) is 17.8. The van der Waals surface area contributed by atoms with Gasteiger partial charge in [0.05, 0.1) is 0 Å². The van der Waals surface area contributed by atoms with Crippen LogP contribution in [0.15, 0.2) is 35.3 Å². The van der Waals surface area contributed by atoms with E-state index in [1.807, 2.05) is 37.3 Å². The fourth-order valence-corrected chi connectivity index (χ4v) is 4.06. The van der Waals surface area contributed by atoms with Gasteiger partial charge in [-0.1, -0.05) is 42.1 Å². The van der Waals surface area contributed by atoms with Crippen molar-refractivity contribution >= 4 is 22.8 Å². The lowest BCUT2D eigenvalue weighted by Crippen LogP contribution is -2.59. The number of ether oxygens (including phenoxy) is 1. The number of thioether (sulfide) groups is 1. The van der Waals surface area contributed by atoms with Crippen molar-refractivity contribution in [1.29, 1.82) is 0 Å². The molecule has 0 saturated carbocycles. The standard InChI is InChI=1S/C17H23N3O4S/c1-2-18-17-20-11-12(21)13(22)14(24-16(11)25-17)15(23)19-9-8-10-6-4-3-5-7-10/h3-7,11-14,16,21-22H,2,8-9H2,1H3,(H,18,20)(H,19,23)/t11-,12-,13+,14+,16-/m1/s1. The van der Waals surface area contributed by atoms with Gasteiger partial charge in [0.1, 0.15) is 23.7 Å². The second-order valence-electron chi connectivity index (χ2n) is 6.01. The second-order valence-corrected chi connectivity index (χ2v) is 7.09. The molecule has 0 aromatic heterocycles. The predicted molar refractivity (Wildman–Crippen MR) is 96.3 cm³/mol. The van der Waals surface area contributed by atoms with Gasteiger partial charge in [0.25, 0.3) is 5.91 Å². The first kappa shape index (κ1) is 18.2. The number of aliphatic imine (C=N–C) groups is 1. The van der Waals surface area contributed by atoms with Crippen LogP contribution in [-0.4, -0.2) is 64.2 Å². The predicted octanol–water partition coefficient (Wildman–Crippen LogP) is -0.127. The molecule has 1 aromatic rings. The van der Waals surface area contributed by atoms with Crippen LogP contribution >= 0.6 is 11.8 Å². The molecule has 7 nitrogen and oxygen atoms in total. The molecule has 3 rings (SSSR count). The minimum absolute atomic E-state index is 0.418. The van der Waals surface area contributed by atoms with E-state index in [1.54, 1.807) is 0 Å². The second kappa shape index (κ2) is 8.18. The molecule has 2 aliphatic heterocycles. The van der Waals surface area contributed by atoms with Gasteiger partial charge in [0.2, 0.25) is 0 Å². The topological polar surface area (TPSA) is 103 Å². The first-order valence-corrected chi connectivity index (χ1v) is 9.29. The van der Waals surface area contributed by atoms with Crippen LogP contribution in [0.2, 0.25) is 0 Å². The highest BCUT2D eigenvalue weighted by molar-refractivity contribution is 8.14. The highest BCUT2D eigenvalue weighted by Gasteiger charge is 2.50. The van der Waals surface area contributed by atoms with Gasteiger partial charge in [0.15, 0.2) is 11.3 Å². The van der Waals surface area contributed by atoms with Crippen LogP contribution in [0.4, 0.5) is 0 Å². The van der Waals surface area contributed by atoms with E-state index < -0.39 is 35.7 Å². The zero-order valence-electron chi connectivity index (χ0n) is 14.0. The Morgan fingerprint density at radius 2 is 2.04 bits per heavy atom. The van der Waals surface area contributed by atoms with Crippen molar-refractivity contribution in [2.75, 3.05) is 13.1 Å². The Kier molecular flexibility index (Phi) is 5.95. The van der Waals surface area contributed by atoms with Crippen molar-refractivity contribution in [3.63, 3.8) is 0 Å². The normalized spacial score (nSPS) is 31.2. The summed E-state index contributed by atoms with van der Waals surface area (Å²) in [5.74, 6) is -0.418. The van der Waals surface area contributed by atoms with E-state index in [0.717, 1.165) is 5.56 Å². The Morgan fingerprint density at radius 1 is 1.28 bits per heavy atom. The number of amidine groups is 1. The van der Waals surface area contributed by atoms with Crippen molar-refractivity contribution in [3.05, 3.63) is 35.9 Å². The highest BCUT2D eigenvalue weighted by atomic mass is 32.2. The number of carbonyl (C=O) groups excluding carboxylic acids is 1. The van der Waals surface area contributed by atoms with E-state index in [-0.39, 0.29) is 0 Å². The van der Waals surface area contributed by atoms with Gasteiger partial charge in [-0.2, -0.15) is 0 Å².